The van der Waals surface area contributed by atoms with E-state index in [4.69, 9.17) is 39.9 Å². The summed E-state index contributed by atoms with van der Waals surface area (Å²) >= 11 is 2.75. The van der Waals surface area contributed by atoms with Crippen LogP contribution < -0.4 is 22.1 Å². The molecule has 0 radical (unpaired) electrons. The molecule has 26 heteroatoms. The van der Waals surface area contributed by atoms with Gasteiger partial charge in [-0.3, -0.25) is 19.2 Å². The predicted octanol–water partition coefficient (Wildman–Crippen LogP) is 6.28. The van der Waals surface area contributed by atoms with Crippen LogP contribution in [0.25, 0.3) is 0 Å². The number of nitrogens with two attached hydrogens (primary N) is 2. The minimum atomic E-state index is -1.19. The van der Waals surface area contributed by atoms with Crippen molar-refractivity contribution in [2.75, 3.05) is 72.7 Å². The van der Waals surface area contributed by atoms with Crippen LogP contribution in [0.15, 0.2) is 72.8 Å². The van der Waals surface area contributed by atoms with E-state index in [2.05, 4.69) is 20.1 Å². The van der Waals surface area contributed by atoms with Crippen molar-refractivity contribution in [3.8, 4) is 0 Å². The molecule has 0 saturated heterocycles. The van der Waals surface area contributed by atoms with Crippen molar-refractivity contribution < 1.29 is 76.3 Å². The van der Waals surface area contributed by atoms with Crippen LogP contribution in [0.4, 0.5) is 9.59 Å². The highest BCUT2D eigenvalue weighted by atomic mass is 33.1. The molecule has 0 aromatic heterocycles. The fourth-order valence-electron chi connectivity index (χ4n) is 5.65. The van der Waals surface area contributed by atoms with E-state index in [0.717, 1.165) is 23.3 Å². The summed E-state index contributed by atoms with van der Waals surface area (Å²) in [5, 5.41) is 5.22. The van der Waals surface area contributed by atoms with Gasteiger partial charge in [0.25, 0.3) is 0 Å². The Labute approximate surface area is 456 Å². The Morgan fingerprint density at radius 1 is 0.527 bits per heavy atom. The van der Waals surface area contributed by atoms with Crippen molar-refractivity contribution >= 4 is 115 Å². The number of hydrogen-bond acceptors (Lipinski definition) is 24. The van der Waals surface area contributed by atoms with Gasteiger partial charge in [-0.15, -0.1) is 23.5 Å². The van der Waals surface area contributed by atoms with Crippen molar-refractivity contribution in [2.45, 2.75) is 78.0 Å². The van der Waals surface area contributed by atoms with Gasteiger partial charge in [0, 0.05) is 61.1 Å². The van der Waals surface area contributed by atoms with E-state index in [1.165, 1.54) is 80.5 Å². The summed E-state index contributed by atoms with van der Waals surface area (Å²) < 4.78 is 39.3. The molecule has 74 heavy (non-hydrogen) atoms. The summed E-state index contributed by atoms with van der Waals surface area (Å²) in [6, 6.07) is 18.7. The lowest BCUT2D eigenvalue weighted by Crippen LogP contribution is -2.38. The zero-order chi connectivity index (χ0) is 54.4. The highest BCUT2D eigenvalue weighted by Gasteiger charge is 2.24. The summed E-state index contributed by atoms with van der Waals surface area (Å²) in [5.41, 5.74) is 14.5. The molecule has 0 spiro atoms. The van der Waals surface area contributed by atoms with Gasteiger partial charge in [0.1, 0.15) is 25.0 Å². The normalized spacial score (nSPS) is 13.4. The lowest BCUT2D eigenvalue weighted by atomic mass is 10.0. The maximum Gasteiger partial charge on any atom is 0.511 e. The number of carbonyl (C=O) groups excluding carboxylic acids is 8. The van der Waals surface area contributed by atoms with Crippen LogP contribution in [-0.2, 0) is 79.5 Å². The fraction of sp³-hybridized carbons (Fsp3) is 0.542. The van der Waals surface area contributed by atoms with Crippen molar-refractivity contribution in [1.82, 2.24) is 10.6 Å². The maximum atomic E-state index is 13.1. The first-order valence-electron chi connectivity index (χ1n) is 23.4. The lowest BCUT2D eigenvalue weighted by Gasteiger charge is -2.18. The Morgan fingerprint density at radius 3 is 1.26 bits per heavy atom. The highest BCUT2D eigenvalue weighted by molar-refractivity contribution is 8.77. The van der Waals surface area contributed by atoms with Gasteiger partial charge in [0.15, 0.2) is 0 Å². The monoisotopic (exact) mass is 1150 g/mol. The largest absolute Gasteiger partial charge is 0.511 e. The van der Waals surface area contributed by atoms with Gasteiger partial charge in [-0.25, -0.2) is 19.2 Å². The second-order valence-corrected chi connectivity index (χ2v) is 22.7. The molecule has 0 aliphatic heterocycles. The number of carbonyl (C=O) groups is 8. The molecule has 2 aromatic rings. The number of rotatable bonds is 38. The van der Waals surface area contributed by atoms with Crippen LogP contribution in [0.5, 0.6) is 0 Å². The third kappa shape index (κ3) is 33.5. The third-order valence-electron chi connectivity index (χ3n) is 9.31. The molecule has 412 valence electrons. The first-order valence-corrected chi connectivity index (χ1v) is 30.7. The van der Waals surface area contributed by atoms with Gasteiger partial charge in [-0.05, 0) is 62.2 Å². The van der Waals surface area contributed by atoms with Crippen LogP contribution >= 0.6 is 66.7 Å². The highest BCUT2D eigenvalue weighted by Crippen LogP contribution is 2.28. The van der Waals surface area contributed by atoms with E-state index in [9.17, 15) is 38.4 Å². The number of hydrogen-bond donors (Lipinski definition) is 4. The SMILES string of the molecule is CCOC(=O)OC(C)OC(=O)CNC(=O)[C@@H](CSSC[C@@H](N)CCSCOC(=O)/C=C/C(=O)OCSCC[C@H](N)CSSC[C@@H](Cc1ccccc1)C(=O)NCC(=O)OC(C)OC(=O)OCC)Cc1ccccc1. The first-order chi connectivity index (χ1) is 35.6. The minimum absolute atomic E-state index is 0.0698. The molecule has 0 aliphatic rings. The van der Waals surface area contributed by atoms with Gasteiger partial charge >= 0.3 is 36.2 Å². The minimum Gasteiger partial charge on any atom is -0.451 e. The third-order valence-corrected chi connectivity index (χ3v) is 16.1. The lowest BCUT2D eigenvalue weighted by molar-refractivity contribution is -0.168. The summed E-state index contributed by atoms with van der Waals surface area (Å²) in [4.78, 5) is 97.9. The molecule has 2 unspecified atom stereocenters. The Morgan fingerprint density at radius 2 is 0.892 bits per heavy atom. The van der Waals surface area contributed by atoms with Crippen LogP contribution in [-0.4, -0.2) is 145 Å². The molecule has 2 rings (SSSR count). The maximum absolute atomic E-state index is 13.1. The van der Waals surface area contributed by atoms with Crippen LogP contribution in [0.3, 0.4) is 0 Å². The van der Waals surface area contributed by atoms with E-state index < -0.39 is 73.7 Å². The van der Waals surface area contributed by atoms with Gasteiger partial charge in [-0.1, -0.05) is 104 Å². The molecule has 6 atom stereocenters. The molecule has 20 nitrogen and oxygen atoms in total. The van der Waals surface area contributed by atoms with Gasteiger partial charge in [0.2, 0.25) is 24.4 Å². The fourth-order valence-corrected chi connectivity index (χ4v) is 12.4. The molecule has 0 saturated carbocycles. The molecular formula is C48H68N4O16S6. The van der Waals surface area contributed by atoms with Crippen molar-refractivity contribution in [1.29, 1.82) is 0 Å². The molecule has 2 amide bonds. The zero-order valence-electron chi connectivity index (χ0n) is 41.8. The number of thioether (sulfide) groups is 2. The average Bonchev–Trinajstić information content (AvgIpc) is 3.36. The summed E-state index contributed by atoms with van der Waals surface area (Å²) in [5.74, 6) is -1.01. The van der Waals surface area contributed by atoms with Gasteiger partial charge in [0.05, 0.1) is 25.0 Å². The smallest absolute Gasteiger partial charge is 0.451 e. The van der Waals surface area contributed by atoms with Gasteiger partial charge in [-0.2, -0.15) is 0 Å². The van der Waals surface area contributed by atoms with E-state index >= 15 is 0 Å². The van der Waals surface area contributed by atoms with Crippen molar-refractivity contribution in [3.05, 3.63) is 83.9 Å². The molecule has 0 bridgehead atoms. The van der Waals surface area contributed by atoms with Gasteiger partial charge < -0.3 is 60.0 Å². The number of esters is 4. The Bertz CT molecular complexity index is 1880. The Kier molecular flexibility index (Phi) is 36.2. The molecule has 0 heterocycles. The summed E-state index contributed by atoms with van der Waals surface area (Å²) in [6.07, 6.45) is -0.113. The first kappa shape index (κ1) is 65.7. The van der Waals surface area contributed by atoms with E-state index in [-0.39, 0.29) is 49.0 Å². The second kappa shape index (κ2) is 40.8. The van der Waals surface area contributed by atoms with Crippen LogP contribution in [0.1, 0.15) is 51.7 Å². The topological polar surface area (TPSA) is 286 Å². The Hall–Kier alpha value is -4.44. The Balaban J connectivity index is 1.58. The zero-order valence-corrected chi connectivity index (χ0v) is 46.7. The summed E-state index contributed by atoms with van der Waals surface area (Å²) in [7, 11) is 6.05. The molecule has 6 N–H and O–H groups in total. The van der Waals surface area contributed by atoms with E-state index in [1.807, 2.05) is 60.7 Å². The number of nitrogens with one attached hydrogen (secondary N) is 2. The number of benzene rings is 2. The number of ether oxygens (including phenoxy) is 8. The molecule has 2 aromatic carbocycles. The van der Waals surface area contributed by atoms with Crippen molar-refractivity contribution in [3.63, 3.8) is 0 Å². The van der Waals surface area contributed by atoms with Crippen LogP contribution in [0, 0.1) is 11.8 Å². The predicted molar refractivity (Wildman–Crippen MR) is 292 cm³/mol. The number of amides is 2. The standard InChI is InChI=1S/C48H68N4O16S6/c1-5-61-47(59)67-33(3)65-43(55)25-51-45(57)37(23-35-13-9-7-10-14-35)27-71-73-29-39(49)19-21-69-31-63-41(53)17-18-42(54)64-32-70-22-20-40(50)30-74-72-28-38(24-36-15-11-8-12-16-36)46(58)52-26-44(56)66-34(4)68-48(60)62-6-2/h7-18,33-34,37-40H,5-6,19-32,49-50H2,1-4H3,(H,51,57)(H,52,58)/b18-17+/t33?,34?,37-,38-,39+,40+/m1/s1. The summed E-state index contributed by atoms with van der Waals surface area (Å²) in [6.45, 7) is 5.34. The average molecular weight is 1150 g/mol. The van der Waals surface area contributed by atoms with E-state index in [1.54, 1.807) is 13.8 Å². The molecule has 0 fully saturated rings. The van der Waals surface area contributed by atoms with Crippen LogP contribution in [0.2, 0.25) is 0 Å². The molecular weight excluding hydrogens is 1080 g/mol. The molecule has 0 aliphatic carbocycles. The second-order valence-electron chi connectivity index (χ2n) is 15.5. The quantitative estimate of drug-likeness (QED) is 0.0144. The van der Waals surface area contributed by atoms with Crippen molar-refractivity contribution in [2.24, 2.45) is 23.3 Å². The van der Waals surface area contributed by atoms with E-state index in [0.29, 0.717) is 60.2 Å².